The van der Waals surface area contributed by atoms with Gasteiger partial charge in [0.05, 0.1) is 10.3 Å². The maximum Gasteiger partial charge on any atom is 0.412 e. The van der Waals surface area contributed by atoms with Gasteiger partial charge < -0.3 is 9.84 Å². The minimum absolute atomic E-state index is 0.200. The third-order valence-electron chi connectivity index (χ3n) is 6.51. The second-order valence-corrected chi connectivity index (χ2v) is 9.93. The number of hydrogen-bond donors (Lipinski definition) is 2. The van der Waals surface area contributed by atoms with Crippen molar-refractivity contribution in [2.45, 2.75) is 31.3 Å². The van der Waals surface area contributed by atoms with Crippen LogP contribution in [0.4, 0.5) is 10.5 Å². The van der Waals surface area contributed by atoms with Crippen molar-refractivity contribution >= 4 is 40.9 Å². The average molecular weight is 519 g/mol. The van der Waals surface area contributed by atoms with Crippen molar-refractivity contribution in [3.8, 4) is 21.6 Å². The second kappa shape index (κ2) is 9.76. The Balaban J connectivity index is 1.30. The minimum Gasteiger partial charge on any atom is -0.481 e. The topological polar surface area (TPSA) is 88.5 Å². The summed E-state index contributed by atoms with van der Waals surface area (Å²) in [4.78, 5) is 24.9. The molecule has 1 atom stereocenters. The number of carboxylic acids is 1. The summed E-state index contributed by atoms with van der Waals surface area (Å²) in [6, 6.07) is 25.0. The molecule has 1 aliphatic rings. The Morgan fingerprint density at radius 2 is 1.56 bits per heavy atom. The molecule has 0 bridgehead atoms. The normalized spacial score (nSPS) is 14.6. The average Bonchev–Trinajstić information content (AvgIpc) is 3.64. The van der Waals surface area contributed by atoms with E-state index in [1.54, 1.807) is 6.92 Å². The first-order valence-corrected chi connectivity index (χ1v) is 12.6. The van der Waals surface area contributed by atoms with Crippen LogP contribution in [-0.2, 0) is 14.9 Å². The third-order valence-corrected chi connectivity index (χ3v) is 7.78. The molecule has 8 heteroatoms. The number of benzene rings is 3. The van der Waals surface area contributed by atoms with Gasteiger partial charge in [0.2, 0.25) is 0 Å². The highest BCUT2D eigenvalue weighted by Crippen LogP contribution is 2.48. The second-order valence-electron chi connectivity index (χ2n) is 8.80. The van der Waals surface area contributed by atoms with Gasteiger partial charge in [-0.25, -0.2) is 4.79 Å². The molecular formula is C28H23ClN2O4S. The van der Waals surface area contributed by atoms with E-state index in [1.807, 2.05) is 78.9 Å². The van der Waals surface area contributed by atoms with Crippen LogP contribution in [0.15, 0.2) is 78.9 Å². The fourth-order valence-electron chi connectivity index (χ4n) is 4.21. The number of nitrogens with one attached hydrogen (secondary N) is 1. The molecule has 1 aliphatic carbocycles. The lowest BCUT2D eigenvalue weighted by atomic mass is 9.93. The van der Waals surface area contributed by atoms with E-state index in [9.17, 15) is 14.7 Å². The zero-order valence-corrected chi connectivity index (χ0v) is 21.0. The number of anilines is 1. The summed E-state index contributed by atoms with van der Waals surface area (Å²) >= 11 is 7.48. The van der Waals surface area contributed by atoms with Gasteiger partial charge in [0, 0.05) is 0 Å². The lowest BCUT2D eigenvalue weighted by molar-refractivity contribution is -0.140. The molecule has 3 aromatic carbocycles. The van der Waals surface area contributed by atoms with E-state index >= 15 is 0 Å². The molecule has 1 heterocycles. The Bertz CT molecular complexity index is 1400. The van der Waals surface area contributed by atoms with Crippen LogP contribution >= 0.6 is 23.1 Å². The van der Waals surface area contributed by atoms with Gasteiger partial charge in [0.25, 0.3) is 0 Å². The summed E-state index contributed by atoms with van der Waals surface area (Å²) in [5, 5.41) is 12.5. The number of rotatable bonds is 7. The van der Waals surface area contributed by atoms with E-state index < -0.39 is 23.6 Å². The van der Waals surface area contributed by atoms with Crippen LogP contribution in [0, 0.1) is 0 Å². The molecule has 1 fully saturated rings. The fraction of sp³-hybridized carbons (Fsp3) is 0.179. The monoisotopic (exact) mass is 518 g/mol. The van der Waals surface area contributed by atoms with E-state index in [0.29, 0.717) is 18.5 Å². The smallest absolute Gasteiger partial charge is 0.412 e. The van der Waals surface area contributed by atoms with Crippen molar-refractivity contribution in [1.29, 1.82) is 0 Å². The quantitative estimate of drug-likeness (QED) is 0.263. The van der Waals surface area contributed by atoms with E-state index in [1.165, 1.54) is 11.5 Å². The Kier molecular flexibility index (Phi) is 6.51. The molecule has 0 spiro atoms. The van der Waals surface area contributed by atoms with E-state index in [-0.39, 0.29) is 5.15 Å². The Morgan fingerprint density at radius 1 is 0.972 bits per heavy atom. The minimum atomic E-state index is -0.759. The molecule has 1 aromatic heterocycles. The molecule has 2 N–H and O–H groups in total. The molecule has 0 saturated heterocycles. The number of aromatic nitrogens is 1. The van der Waals surface area contributed by atoms with Crippen LogP contribution in [0.3, 0.4) is 0 Å². The zero-order chi connectivity index (χ0) is 25.3. The van der Waals surface area contributed by atoms with Gasteiger partial charge in [-0.05, 0) is 59.1 Å². The number of carbonyl (C=O) groups is 2. The molecule has 1 saturated carbocycles. The number of carboxylic acid groups (broad SMARTS) is 1. The maximum absolute atomic E-state index is 12.6. The molecule has 0 aliphatic heterocycles. The Labute approximate surface area is 217 Å². The fourth-order valence-corrected chi connectivity index (χ4v) is 5.25. The van der Waals surface area contributed by atoms with Gasteiger partial charge in [0.1, 0.15) is 11.8 Å². The Hall–Kier alpha value is -3.68. The first-order chi connectivity index (χ1) is 17.4. The highest BCUT2D eigenvalue weighted by Gasteiger charge is 2.51. The summed E-state index contributed by atoms with van der Waals surface area (Å²) in [5.74, 6) is -0.759. The van der Waals surface area contributed by atoms with Gasteiger partial charge in [-0.15, -0.1) is 0 Å². The van der Waals surface area contributed by atoms with Crippen molar-refractivity contribution in [2.75, 3.05) is 5.32 Å². The molecule has 1 unspecified atom stereocenters. The molecule has 182 valence electrons. The van der Waals surface area contributed by atoms with Gasteiger partial charge in [-0.2, -0.15) is 4.37 Å². The summed E-state index contributed by atoms with van der Waals surface area (Å²) in [6.45, 7) is 1.81. The molecule has 1 amide bonds. The van der Waals surface area contributed by atoms with Crippen molar-refractivity contribution in [3.63, 3.8) is 0 Å². The third kappa shape index (κ3) is 4.72. The first-order valence-electron chi connectivity index (χ1n) is 11.5. The van der Waals surface area contributed by atoms with Crippen LogP contribution < -0.4 is 5.32 Å². The molecule has 36 heavy (non-hydrogen) atoms. The summed E-state index contributed by atoms with van der Waals surface area (Å²) in [7, 11) is 0. The van der Waals surface area contributed by atoms with E-state index in [4.69, 9.17) is 16.3 Å². The van der Waals surface area contributed by atoms with Crippen LogP contribution in [0.5, 0.6) is 0 Å². The first kappa shape index (κ1) is 24.0. The van der Waals surface area contributed by atoms with Crippen LogP contribution in [0.1, 0.15) is 37.0 Å². The highest BCUT2D eigenvalue weighted by molar-refractivity contribution is 7.10. The highest BCUT2D eigenvalue weighted by atomic mass is 35.5. The summed E-state index contributed by atoms with van der Waals surface area (Å²) in [6.07, 6.45) is 0.336. The van der Waals surface area contributed by atoms with Crippen LogP contribution in [0.2, 0.25) is 5.15 Å². The largest absolute Gasteiger partial charge is 0.481 e. The molecule has 6 nitrogen and oxygen atoms in total. The van der Waals surface area contributed by atoms with E-state index in [0.717, 1.165) is 32.7 Å². The summed E-state index contributed by atoms with van der Waals surface area (Å²) < 4.78 is 9.72. The zero-order valence-electron chi connectivity index (χ0n) is 19.4. The van der Waals surface area contributed by atoms with Crippen LogP contribution in [0.25, 0.3) is 21.6 Å². The predicted molar refractivity (Wildman–Crippen MR) is 142 cm³/mol. The number of halogens is 1. The molecule has 4 aromatic rings. The number of amides is 1. The number of aliphatic carboxylic acids is 1. The van der Waals surface area contributed by atoms with Crippen molar-refractivity contribution < 1.29 is 19.4 Å². The SMILES string of the molecule is CC(OC(=O)Nc1c(Cl)nsc1-c1ccc(-c2ccc(C3(C(=O)O)CC3)cc2)cc1)c1ccccc1. The van der Waals surface area contributed by atoms with Gasteiger partial charge in [-0.3, -0.25) is 10.1 Å². The van der Waals surface area contributed by atoms with Gasteiger partial charge in [-0.1, -0.05) is 90.5 Å². The number of ether oxygens (including phenoxy) is 1. The molecule has 5 rings (SSSR count). The molecule has 0 radical (unpaired) electrons. The number of carbonyl (C=O) groups excluding carboxylic acids is 1. The summed E-state index contributed by atoms with van der Waals surface area (Å²) in [5.41, 5.74) is 4.27. The van der Waals surface area contributed by atoms with Crippen molar-refractivity contribution in [2.24, 2.45) is 0 Å². The Morgan fingerprint density at radius 3 is 2.14 bits per heavy atom. The van der Waals surface area contributed by atoms with E-state index in [2.05, 4.69) is 9.69 Å². The van der Waals surface area contributed by atoms with Gasteiger partial charge >= 0.3 is 12.1 Å². The van der Waals surface area contributed by atoms with Crippen LogP contribution in [-0.4, -0.2) is 21.5 Å². The van der Waals surface area contributed by atoms with Crippen molar-refractivity contribution in [3.05, 3.63) is 95.1 Å². The predicted octanol–water partition coefficient (Wildman–Crippen LogP) is 7.56. The lowest BCUT2D eigenvalue weighted by Gasteiger charge is -2.14. The standard InChI is InChI=1S/C28H23ClN2O4S/c1-17(18-5-3-2-4-6-18)35-27(34)30-23-24(36-31-25(23)29)21-9-7-19(8-10-21)20-11-13-22(14-12-20)28(15-16-28)26(32)33/h2-14,17H,15-16H2,1H3,(H,30,34)(H,32,33). The molecular weight excluding hydrogens is 496 g/mol. The number of nitrogens with zero attached hydrogens (tertiary/aromatic N) is 1. The lowest BCUT2D eigenvalue weighted by Crippen LogP contribution is -2.19. The van der Waals surface area contributed by atoms with Gasteiger partial charge in [0.15, 0.2) is 5.15 Å². The number of hydrogen-bond acceptors (Lipinski definition) is 5. The maximum atomic E-state index is 12.6. The van der Waals surface area contributed by atoms with Crippen molar-refractivity contribution in [1.82, 2.24) is 4.37 Å².